The number of ether oxygens (including phenoxy) is 2. The molecule has 1 aromatic rings. The Labute approximate surface area is 123 Å². The summed E-state index contributed by atoms with van der Waals surface area (Å²) in [5, 5.41) is 3.61. The monoisotopic (exact) mass is 327 g/mol. The van der Waals surface area contributed by atoms with Gasteiger partial charge in [-0.25, -0.2) is 0 Å². The number of nitrogens with one attached hydrogen (secondary N) is 1. The molecule has 106 valence electrons. The molecule has 0 saturated heterocycles. The van der Waals surface area contributed by atoms with Crippen molar-refractivity contribution < 1.29 is 9.47 Å². The maximum Gasteiger partial charge on any atom is 0.171 e. The molecule has 0 radical (unpaired) electrons. The van der Waals surface area contributed by atoms with E-state index in [0.29, 0.717) is 6.04 Å². The summed E-state index contributed by atoms with van der Waals surface area (Å²) >= 11 is 3.53. The van der Waals surface area contributed by atoms with E-state index in [1.807, 2.05) is 0 Å². The van der Waals surface area contributed by atoms with Gasteiger partial charge in [-0.1, -0.05) is 22.0 Å². The van der Waals surface area contributed by atoms with Crippen LogP contribution in [0, 0.1) is 0 Å². The van der Waals surface area contributed by atoms with Crippen molar-refractivity contribution in [2.24, 2.45) is 0 Å². The van der Waals surface area contributed by atoms with Crippen LogP contribution in [0.15, 0.2) is 22.7 Å². The minimum absolute atomic E-state index is 0.189. The van der Waals surface area contributed by atoms with E-state index in [1.165, 1.54) is 15.6 Å². The summed E-state index contributed by atoms with van der Waals surface area (Å²) in [6, 6.07) is 7.27. The van der Waals surface area contributed by atoms with Crippen molar-refractivity contribution in [3.63, 3.8) is 0 Å². The molecule has 1 aliphatic rings. The smallest absolute Gasteiger partial charge is 0.171 e. The van der Waals surface area contributed by atoms with Crippen LogP contribution in [-0.2, 0) is 22.3 Å². The molecule has 19 heavy (non-hydrogen) atoms. The van der Waals surface area contributed by atoms with Crippen LogP contribution in [-0.4, -0.2) is 32.6 Å². The standard InChI is InChI=1S/C15H22BrNO2/c1-10(15(18-2)19-3)17-14-7-5-11-8-13(16)6-4-12(11)9-14/h4,6,8,10,14-15,17H,5,7,9H2,1-3H3. The molecule has 0 saturated carbocycles. The van der Waals surface area contributed by atoms with E-state index in [4.69, 9.17) is 9.47 Å². The lowest BCUT2D eigenvalue weighted by atomic mass is 9.88. The molecule has 2 rings (SSSR count). The molecule has 1 N–H and O–H groups in total. The van der Waals surface area contributed by atoms with Gasteiger partial charge in [-0.15, -0.1) is 0 Å². The van der Waals surface area contributed by atoms with Crippen LogP contribution in [0.5, 0.6) is 0 Å². The summed E-state index contributed by atoms with van der Waals surface area (Å²) < 4.78 is 11.8. The first kappa shape index (κ1) is 15.0. The average molecular weight is 328 g/mol. The van der Waals surface area contributed by atoms with Crippen LogP contribution < -0.4 is 5.32 Å². The Morgan fingerprint density at radius 2 is 2.00 bits per heavy atom. The minimum atomic E-state index is -0.189. The van der Waals surface area contributed by atoms with Crippen molar-refractivity contribution in [2.45, 2.75) is 44.6 Å². The maximum atomic E-state index is 5.30. The first-order valence-corrected chi connectivity index (χ1v) is 7.52. The number of hydrogen-bond acceptors (Lipinski definition) is 3. The lowest BCUT2D eigenvalue weighted by molar-refractivity contribution is -0.121. The van der Waals surface area contributed by atoms with E-state index in [1.54, 1.807) is 14.2 Å². The van der Waals surface area contributed by atoms with Crippen LogP contribution in [0.1, 0.15) is 24.5 Å². The minimum Gasteiger partial charge on any atom is -0.354 e. The number of rotatable bonds is 5. The summed E-state index contributed by atoms with van der Waals surface area (Å²) in [5.41, 5.74) is 2.92. The van der Waals surface area contributed by atoms with E-state index >= 15 is 0 Å². The summed E-state index contributed by atoms with van der Waals surface area (Å²) in [4.78, 5) is 0. The Hall–Kier alpha value is -0.420. The second-order valence-electron chi connectivity index (χ2n) is 5.15. The number of hydrogen-bond donors (Lipinski definition) is 1. The van der Waals surface area contributed by atoms with Gasteiger partial charge in [0.15, 0.2) is 6.29 Å². The second kappa shape index (κ2) is 6.84. The Morgan fingerprint density at radius 3 is 2.68 bits per heavy atom. The van der Waals surface area contributed by atoms with Crippen LogP contribution in [0.25, 0.3) is 0 Å². The Morgan fingerprint density at radius 1 is 1.26 bits per heavy atom. The molecule has 0 amide bonds. The van der Waals surface area contributed by atoms with Gasteiger partial charge >= 0.3 is 0 Å². The van der Waals surface area contributed by atoms with Crippen LogP contribution >= 0.6 is 15.9 Å². The summed E-state index contributed by atoms with van der Waals surface area (Å²) in [6.07, 6.45) is 3.18. The Bertz CT molecular complexity index is 421. The van der Waals surface area contributed by atoms with Gasteiger partial charge in [-0.3, -0.25) is 0 Å². The van der Waals surface area contributed by atoms with E-state index in [9.17, 15) is 0 Å². The molecule has 4 heteroatoms. The predicted octanol–water partition coefficient (Wildman–Crippen LogP) is 2.90. The number of methoxy groups -OCH3 is 2. The number of fused-ring (bicyclic) bond motifs is 1. The molecule has 0 aromatic heterocycles. The van der Waals surface area contributed by atoms with Crippen molar-refractivity contribution >= 4 is 15.9 Å². The number of benzene rings is 1. The van der Waals surface area contributed by atoms with Crippen LogP contribution in [0.4, 0.5) is 0 Å². The third kappa shape index (κ3) is 3.78. The average Bonchev–Trinajstić information content (AvgIpc) is 2.40. The second-order valence-corrected chi connectivity index (χ2v) is 6.06. The molecule has 1 aliphatic carbocycles. The molecular weight excluding hydrogens is 306 g/mol. The largest absolute Gasteiger partial charge is 0.354 e. The highest BCUT2D eigenvalue weighted by Crippen LogP contribution is 2.25. The van der Waals surface area contributed by atoms with E-state index in [0.717, 1.165) is 19.3 Å². The zero-order valence-corrected chi connectivity index (χ0v) is 13.4. The fraction of sp³-hybridized carbons (Fsp3) is 0.600. The van der Waals surface area contributed by atoms with Gasteiger partial charge in [-0.05, 0) is 49.4 Å². The third-order valence-electron chi connectivity index (χ3n) is 3.77. The zero-order chi connectivity index (χ0) is 13.8. The number of aryl methyl sites for hydroxylation is 1. The topological polar surface area (TPSA) is 30.5 Å². The molecule has 0 spiro atoms. The maximum absolute atomic E-state index is 5.30. The SMILES string of the molecule is COC(OC)C(C)NC1CCc2cc(Br)ccc2C1. The van der Waals surface area contributed by atoms with E-state index in [-0.39, 0.29) is 12.3 Å². The zero-order valence-electron chi connectivity index (χ0n) is 11.8. The quantitative estimate of drug-likeness (QED) is 0.843. The summed E-state index contributed by atoms with van der Waals surface area (Å²) in [5.74, 6) is 0. The van der Waals surface area contributed by atoms with Crippen molar-refractivity contribution in [2.75, 3.05) is 14.2 Å². The van der Waals surface area contributed by atoms with Gasteiger partial charge in [0.2, 0.25) is 0 Å². The van der Waals surface area contributed by atoms with Gasteiger partial charge in [0, 0.05) is 24.7 Å². The van der Waals surface area contributed by atoms with Crippen LogP contribution in [0.2, 0.25) is 0 Å². The van der Waals surface area contributed by atoms with Crippen molar-refractivity contribution in [1.82, 2.24) is 5.32 Å². The van der Waals surface area contributed by atoms with Gasteiger partial charge < -0.3 is 14.8 Å². The highest BCUT2D eigenvalue weighted by molar-refractivity contribution is 9.10. The van der Waals surface area contributed by atoms with Crippen molar-refractivity contribution in [1.29, 1.82) is 0 Å². The molecule has 0 fully saturated rings. The van der Waals surface area contributed by atoms with Gasteiger partial charge in [0.1, 0.15) is 0 Å². The van der Waals surface area contributed by atoms with Gasteiger partial charge in [0.25, 0.3) is 0 Å². The lowest BCUT2D eigenvalue weighted by Crippen LogP contribution is -2.47. The molecule has 3 nitrogen and oxygen atoms in total. The summed E-state index contributed by atoms with van der Waals surface area (Å²) in [6.45, 7) is 2.11. The molecule has 2 atom stereocenters. The highest BCUT2D eigenvalue weighted by atomic mass is 79.9. The highest BCUT2D eigenvalue weighted by Gasteiger charge is 2.23. The van der Waals surface area contributed by atoms with E-state index < -0.39 is 0 Å². The fourth-order valence-corrected chi connectivity index (χ4v) is 3.23. The predicted molar refractivity (Wildman–Crippen MR) is 80.4 cm³/mol. The summed E-state index contributed by atoms with van der Waals surface area (Å²) in [7, 11) is 3.36. The molecule has 0 heterocycles. The van der Waals surface area contributed by atoms with Gasteiger partial charge in [-0.2, -0.15) is 0 Å². The van der Waals surface area contributed by atoms with E-state index in [2.05, 4.69) is 46.4 Å². The van der Waals surface area contributed by atoms with Crippen molar-refractivity contribution in [3.05, 3.63) is 33.8 Å². The molecule has 0 bridgehead atoms. The molecule has 0 aliphatic heterocycles. The number of halogens is 1. The van der Waals surface area contributed by atoms with Gasteiger partial charge in [0.05, 0.1) is 6.04 Å². The van der Waals surface area contributed by atoms with Crippen molar-refractivity contribution in [3.8, 4) is 0 Å². The lowest BCUT2D eigenvalue weighted by Gasteiger charge is -2.31. The van der Waals surface area contributed by atoms with Crippen LogP contribution in [0.3, 0.4) is 0 Å². The Kier molecular flexibility index (Phi) is 5.39. The Balaban J connectivity index is 1.96. The third-order valence-corrected chi connectivity index (χ3v) is 4.26. The first-order valence-electron chi connectivity index (χ1n) is 6.73. The molecule has 1 aromatic carbocycles. The fourth-order valence-electron chi connectivity index (χ4n) is 2.82. The first-order chi connectivity index (χ1) is 9.13. The normalized spacial score (nSPS) is 20.4. The molecule has 2 unspecified atom stereocenters. The molecular formula is C15H22BrNO2.